The lowest BCUT2D eigenvalue weighted by Gasteiger charge is -2.11. The van der Waals surface area contributed by atoms with E-state index < -0.39 is 11.6 Å². The molecule has 0 bridgehead atoms. The number of nitrogens with zero attached hydrogens (tertiary/aromatic N) is 2. The molecule has 0 atom stereocenters. The highest BCUT2D eigenvalue weighted by molar-refractivity contribution is 5.59. The summed E-state index contributed by atoms with van der Waals surface area (Å²) in [6.07, 6.45) is 0.942. The lowest BCUT2D eigenvalue weighted by molar-refractivity contribution is 0.595. The van der Waals surface area contributed by atoms with Gasteiger partial charge in [-0.1, -0.05) is 6.92 Å². The van der Waals surface area contributed by atoms with Crippen LogP contribution in [0.5, 0.6) is 0 Å². The first kappa shape index (κ1) is 15.2. The van der Waals surface area contributed by atoms with Crippen LogP contribution < -0.4 is 10.6 Å². The molecule has 0 aliphatic carbocycles. The summed E-state index contributed by atoms with van der Waals surface area (Å²) in [5.41, 5.74) is 1.05. The largest absolute Gasteiger partial charge is 0.354 e. The molecule has 6 heteroatoms. The fourth-order valence-electron chi connectivity index (χ4n) is 1.83. The van der Waals surface area contributed by atoms with Crippen LogP contribution in [0.4, 0.5) is 26.2 Å². The molecule has 0 amide bonds. The topological polar surface area (TPSA) is 49.8 Å². The normalized spacial score (nSPS) is 10.5. The van der Waals surface area contributed by atoms with E-state index >= 15 is 0 Å². The molecule has 0 fully saturated rings. The number of anilines is 3. The van der Waals surface area contributed by atoms with Gasteiger partial charge in [0.05, 0.1) is 5.69 Å². The van der Waals surface area contributed by atoms with Crippen molar-refractivity contribution in [2.75, 3.05) is 17.2 Å². The minimum Gasteiger partial charge on any atom is -0.354 e. The Kier molecular flexibility index (Phi) is 4.67. The minimum atomic E-state index is -0.520. The standard InChI is InChI=1S/C15H18F2N4/c1-4-5-18-15-19-10(3)7-14(21-15)20-13-8-11(16)9(2)6-12(13)17/h6-8H,4-5H2,1-3H3,(H2,18,19,20,21). The van der Waals surface area contributed by atoms with E-state index in [0.717, 1.165) is 30.8 Å². The summed E-state index contributed by atoms with van der Waals surface area (Å²) < 4.78 is 27.4. The molecular formula is C15H18F2N4. The predicted octanol–water partition coefficient (Wildman–Crippen LogP) is 3.94. The summed E-state index contributed by atoms with van der Waals surface area (Å²) in [6, 6.07) is 3.96. The Labute approximate surface area is 122 Å². The van der Waals surface area contributed by atoms with Crippen LogP contribution in [0.25, 0.3) is 0 Å². The molecule has 0 saturated carbocycles. The Morgan fingerprint density at radius 3 is 2.52 bits per heavy atom. The van der Waals surface area contributed by atoms with Crippen molar-refractivity contribution in [1.29, 1.82) is 0 Å². The lowest BCUT2D eigenvalue weighted by Crippen LogP contribution is -2.07. The smallest absolute Gasteiger partial charge is 0.224 e. The molecule has 21 heavy (non-hydrogen) atoms. The molecular weight excluding hydrogens is 274 g/mol. The van der Waals surface area contributed by atoms with Crippen molar-refractivity contribution in [3.8, 4) is 0 Å². The molecule has 0 saturated heterocycles. The number of halogens is 2. The van der Waals surface area contributed by atoms with Crippen molar-refractivity contribution >= 4 is 17.5 Å². The number of rotatable bonds is 5. The van der Waals surface area contributed by atoms with Gasteiger partial charge in [-0.05, 0) is 31.9 Å². The Hall–Kier alpha value is -2.24. The highest BCUT2D eigenvalue weighted by atomic mass is 19.1. The van der Waals surface area contributed by atoms with Gasteiger partial charge in [0.2, 0.25) is 5.95 Å². The molecule has 2 aromatic rings. The van der Waals surface area contributed by atoms with Crippen LogP contribution in [0.1, 0.15) is 24.6 Å². The lowest BCUT2D eigenvalue weighted by atomic mass is 10.2. The van der Waals surface area contributed by atoms with Gasteiger partial charge in [0, 0.05) is 24.4 Å². The van der Waals surface area contributed by atoms with Crippen LogP contribution in [-0.4, -0.2) is 16.5 Å². The van der Waals surface area contributed by atoms with Crippen LogP contribution in [-0.2, 0) is 0 Å². The van der Waals surface area contributed by atoms with E-state index in [1.54, 1.807) is 6.07 Å². The fraction of sp³-hybridized carbons (Fsp3) is 0.333. The third kappa shape index (κ3) is 3.87. The number of nitrogens with one attached hydrogen (secondary N) is 2. The number of aryl methyl sites for hydroxylation is 2. The van der Waals surface area contributed by atoms with Crippen molar-refractivity contribution < 1.29 is 8.78 Å². The molecule has 2 N–H and O–H groups in total. The number of hydrogen-bond acceptors (Lipinski definition) is 4. The highest BCUT2D eigenvalue weighted by Gasteiger charge is 2.09. The third-order valence-electron chi connectivity index (χ3n) is 2.90. The summed E-state index contributed by atoms with van der Waals surface area (Å²) >= 11 is 0. The zero-order valence-electron chi connectivity index (χ0n) is 12.3. The van der Waals surface area contributed by atoms with Crippen LogP contribution >= 0.6 is 0 Å². The second kappa shape index (κ2) is 6.47. The van der Waals surface area contributed by atoms with Crippen LogP contribution in [0.3, 0.4) is 0 Å². The van der Waals surface area contributed by atoms with Gasteiger partial charge >= 0.3 is 0 Å². The zero-order chi connectivity index (χ0) is 15.4. The van der Waals surface area contributed by atoms with E-state index in [2.05, 4.69) is 20.6 Å². The van der Waals surface area contributed by atoms with Crippen LogP contribution in [0.15, 0.2) is 18.2 Å². The van der Waals surface area contributed by atoms with Gasteiger partial charge in [0.1, 0.15) is 17.5 Å². The van der Waals surface area contributed by atoms with Gasteiger partial charge in [0.15, 0.2) is 0 Å². The van der Waals surface area contributed by atoms with Crippen LogP contribution in [0.2, 0.25) is 0 Å². The van der Waals surface area contributed by atoms with E-state index in [0.29, 0.717) is 11.8 Å². The maximum Gasteiger partial charge on any atom is 0.224 e. The van der Waals surface area contributed by atoms with Gasteiger partial charge in [-0.15, -0.1) is 0 Å². The Morgan fingerprint density at radius 1 is 1.05 bits per heavy atom. The summed E-state index contributed by atoms with van der Waals surface area (Å²) in [5.74, 6) is -0.0992. The maximum atomic E-state index is 13.8. The Morgan fingerprint density at radius 2 is 1.81 bits per heavy atom. The number of hydrogen-bond donors (Lipinski definition) is 2. The molecule has 0 aliphatic rings. The maximum absolute atomic E-state index is 13.8. The van der Waals surface area contributed by atoms with Gasteiger partial charge in [-0.2, -0.15) is 4.98 Å². The van der Waals surface area contributed by atoms with Crippen LogP contribution in [0, 0.1) is 25.5 Å². The first-order chi connectivity index (χ1) is 9.99. The zero-order valence-corrected chi connectivity index (χ0v) is 12.3. The van der Waals surface area contributed by atoms with E-state index in [-0.39, 0.29) is 11.3 Å². The molecule has 2 rings (SSSR count). The second-order valence-electron chi connectivity index (χ2n) is 4.85. The van der Waals surface area contributed by atoms with Crippen molar-refractivity contribution in [2.24, 2.45) is 0 Å². The monoisotopic (exact) mass is 292 g/mol. The second-order valence-corrected chi connectivity index (χ2v) is 4.85. The molecule has 1 aromatic carbocycles. The van der Waals surface area contributed by atoms with E-state index in [4.69, 9.17) is 0 Å². The number of benzene rings is 1. The predicted molar refractivity (Wildman–Crippen MR) is 79.9 cm³/mol. The third-order valence-corrected chi connectivity index (χ3v) is 2.90. The molecule has 0 aliphatic heterocycles. The average molecular weight is 292 g/mol. The highest BCUT2D eigenvalue weighted by Crippen LogP contribution is 2.23. The van der Waals surface area contributed by atoms with Gasteiger partial charge in [-0.25, -0.2) is 13.8 Å². The summed E-state index contributed by atoms with van der Waals surface area (Å²) in [5, 5.41) is 5.86. The molecule has 112 valence electrons. The Bertz CT molecular complexity index is 644. The van der Waals surface area contributed by atoms with Crippen molar-refractivity contribution in [2.45, 2.75) is 27.2 Å². The van der Waals surface area contributed by atoms with Crippen molar-refractivity contribution in [3.63, 3.8) is 0 Å². The first-order valence-corrected chi connectivity index (χ1v) is 6.82. The number of aromatic nitrogens is 2. The van der Waals surface area contributed by atoms with Gasteiger partial charge < -0.3 is 10.6 Å². The van der Waals surface area contributed by atoms with E-state index in [9.17, 15) is 8.78 Å². The van der Waals surface area contributed by atoms with Crippen molar-refractivity contribution in [1.82, 2.24) is 9.97 Å². The molecule has 1 aromatic heterocycles. The SMILES string of the molecule is CCCNc1nc(C)cc(Nc2cc(F)c(C)cc2F)n1. The molecule has 0 radical (unpaired) electrons. The quantitative estimate of drug-likeness (QED) is 0.876. The van der Waals surface area contributed by atoms with E-state index in [1.807, 2.05) is 13.8 Å². The summed E-state index contributed by atoms with van der Waals surface area (Å²) in [4.78, 5) is 8.47. The van der Waals surface area contributed by atoms with Gasteiger partial charge in [-0.3, -0.25) is 0 Å². The average Bonchev–Trinajstić information content (AvgIpc) is 2.42. The fourth-order valence-corrected chi connectivity index (χ4v) is 1.83. The molecule has 4 nitrogen and oxygen atoms in total. The minimum absolute atomic E-state index is 0.0534. The molecule has 1 heterocycles. The van der Waals surface area contributed by atoms with Crippen molar-refractivity contribution in [3.05, 3.63) is 41.1 Å². The summed E-state index contributed by atoms with van der Waals surface area (Å²) in [6.45, 7) is 6.11. The Balaban J connectivity index is 2.27. The first-order valence-electron chi connectivity index (χ1n) is 6.82. The van der Waals surface area contributed by atoms with Gasteiger partial charge in [0.25, 0.3) is 0 Å². The van der Waals surface area contributed by atoms with E-state index in [1.165, 1.54) is 6.92 Å². The molecule has 0 unspecified atom stereocenters. The summed E-state index contributed by atoms with van der Waals surface area (Å²) in [7, 11) is 0. The molecule has 0 spiro atoms.